The van der Waals surface area contributed by atoms with Crippen LogP contribution in [0.25, 0.3) is 0 Å². The summed E-state index contributed by atoms with van der Waals surface area (Å²) < 4.78 is 30.4. The molecule has 0 saturated heterocycles. The molecule has 0 atom stereocenters. The normalized spacial score (nSPS) is 10.6. The van der Waals surface area contributed by atoms with E-state index in [9.17, 15) is 23.7 Å². The molecule has 0 unspecified atom stereocenters. The zero-order valence-corrected chi connectivity index (χ0v) is 10.5. The quantitative estimate of drug-likeness (QED) is 0.361. The van der Waals surface area contributed by atoms with Crippen molar-refractivity contribution in [2.24, 2.45) is 0 Å². The fraction of sp³-hybridized carbons (Fsp3) is 0.400. The average Bonchev–Trinajstić information content (AvgIpc) is 2.27. The van der Waals surface area contributed by atoms with Crippen LogP contribution in [0.15, 0.2) is 6.07 Å². The van der Waals surface area contributed by atoms with E-state index in [0.717, 1.165) is 6.07 Å². The van der Waals surface area contributed by atoms with Crippen LogP contribution in [0.4, 0.5) is 14.6 Å². The molecule has 1 heterocycles. The van der Waals surface area contributed by atoms with Gasteiger partial charge in [-0.2, -0.15) is 0 Å². The van der Waals surface area contributed by atoms with Gasteiger partial charge in [0.15, 0.2) is 0 Å². The Morgan fingerprint density at radius 2 is 2.26 bits per heavy atom. The molecule has 0 aliphatic rings. The van der Waals surface area contributed by atoms with Crippen LogP contribution in [0.1, 0.15) is 24.5 Å². The van der Waals surface area contributed by atoms with Crippen molar-refractivity contribution >= 4 is 23.4 Å². The van der Waals surface area contributed by atoms with E-state index >= 15 is 0 Å². The number of alkyl halides is 2. The number of hydrogen-bond donors (Lipinski definition) is 0. The third-order valence-electron chi connectivity index (χ3n) is 2.12. The summed E-state index contributed by atoms with van der Waals surface area (Å²) in [5.74, 6) is -1.83. The van der Waals surface area contributed by atoms with Crippen LogP contribution in [-0.2, 0) is 16.0 Å². The highest BCUT2D eigenvalue weighted by atomic mass is 35.5. The van der Waals surface area contributed by atoms with E-state index in [1.807, 2.05) is 0 Å². The van der Waals surface area contributed by atoms with Crippen LogP contribution in [0.5, 0.6) is 0 Å². The lowest BCUT2D eigenvalue weighted by molar-refractivity contribution is -0.391. The average molecular weight is 295 g/mol. The van der Waals surface area contributed by atoms with Crippen LogP contribution in [0.3, 0.4) is 0 Å². The Morgan fingerprint density at radius 3 is 2.74 bits per heavy atom. The molecular formula is C10H9ClF2N2O4. The lowest BCUT2D eigenvalue weighted by atomic mass is 10.1. The second-order valence-electron chi connectivity index (χ2n) is 3.38. The molecule has 1 rings (SSSR count). The summed E-state index contributed by atoms with van der Waals surface area (Å²) in [5.41, 5.74) is -1.18. The molecule has 0 aromatic carbocycles. The van der Waals surface area contributed by atoms with Gasteiger partial charge in [-0.1, -0.05) is 0 Å². The molecule has 6 nitrogen and oxygen atoms in total. The number of rotatable bonds is 5. The summed E-state index contributed by atoms with van der Waals surface area (Å²) in [4.78, 5) is 24.1. The molecule has 1 aromatic heterocycles. The van der Waals surface area contributed by atoms with E-state index in [0.29, 0.717) is 0 Å². The first-order valence-corrected chi connectivity index (χ1v) is 5.52. The van der Waals surface area contributed by atoms with Crippen molar-refractivity contribution in [1.29, 1.82) is 0 Å². The van der Waals surface area contributed by atoms with E-state index in [4.69, 9.17) is 11.6 Å². The van der Waals surface area contributed by atoms with Gasteiger partial charge in [-0.15, -0.1) is 0 Å². The van der Waals surface area contributed by atoms with Gasteiger partial charge in [0, 0.05) is 6.07 Å². The van der Waals surface area contributed by atoms with Gasteiger partial charge in [0.25, 0.3) is 6.43 Å². The Labute approximate surface area is 111 Å². The third-order valence-corrected chi connectivity index (χ3v) is 2.32. The van der Waals surface area contributed by atoms with Gasteiger partial charge in [0.1, 0.15) is 5.56 Å². The summed E-state index contributed by atoms with van der Waals surface area (Å²) in [6.45, 7) is 1.62. The van der Waals surface area contributed by atoms with E-state index in [-0.39, 0.29) is 17.3 Å². The number of nitrogens with zero attached hydrogens (tertiary/aromatic N) is 2. The summed E-state index contributed by atoms with van der Waals surface area (Å²) >= 11 is 5.52. The molecule has 0 bridgehead atoms. The molecule has 0 N–H and O–H groups in total. The fourth-order valence-electron chi connectivity index (χ4n) is 1.45. The lowest BCUT2D eigenvalue weighted by Gasteiger charge is -2.08. The molecule has 0 aliphatic heterocycles. The molecule has 0 fully saturated rings. The molecular weight excluding hydrogens is 286 g/mol. The lowest BCUT2D eigenvalue weighted by Crippen LogP contribution is -2.11. The first-order valence-electron chi connectivity index (χ1n) is 5.14. The van der Waals surface area contributed by atoms with E-state index < -0.39 is 35.1 Å². The largest absolute Gasteiger partial charge is 0.466 e. The number of esters is 1. The van der Waals surface area contributed by atoms with Gasteiger partial charge in [0.05, 0.1) is 13.0 Å². The summed E-state index contributed by atoms with van der Waals surface area (Å²) in [7, 11) is 0. The predicted molar refractivity (Wildman–Crippen MR) is 61.2 cm³/mol. The van der Waals surface area contributed by atoms with Gasteiger partial charge in [-0.25, -0.2) is 8.78 Å². The minimum absolute atomic E-state index is 0.0732. The molecule has 104 valence electrons. The Hall–Kier alpha value is -1.83. The molecule has 0 radical (unpaired) electrons. The van der Waals surface area contributed by atoms with Crippen molar-refractivity contribution in [2.45, 2.75) is 19.8 Å². The molecule has 1 aromatic rings. The smallest absolute Gasteiger partial charge is 0.374 e. The Kier molecular flexibility index (Phi) is 5.11. The minimum atomic E-state index is -3.14. The van der Waals surface area contributed by atoms with Crippen molar-refractivity contribution in [1.82, 2.24) is 4.98 Å². The van der Waals surface area contributed by atoms with Gasteiger partial charge < -0.3 is 14.9 Å². The zero-order chi connectivity index (χ0) is 14.6. The van der Waals surface area contributed by atoms with E-state index in [2.05, 4.69) is 9.72 Å². The molecule has 0 aliphatic carbocycles. The SMILES string of the molecule is CCOC(=O)Cc1cc(Cl)nc([N+](=O)[O-])c1C(F)F. The number of nitro groups is 1. The first kappa shape index (κ1) is 15.2. The maximum atomic E-state index is 12.9. The van der Waals surface area contributed by atoms with Crippen LogP contribution in [0, 0.1) is 10.1 Å². The van der Waals surface area contributed by atoms with Crippen molar-refractivity contribution in [3.63, 3.8) is 0 Å². The number of aromatic nitrogens is 1. The Balaban J connectivity index is 3.28. The molecule has 0 saturated carbocycles. The second kappa shape index (κ2) is 6.37. The second-order valence-corrected chi connectivity index (χ2v) is 3.77. The zero-order valence-electron chi connectivity index (χ0n) is 9.73. The van der Waals surface area contributed by atoms with Gasteiger partial charge in [-0.05, 0) is 34.0 Å². The topological polar surface area (TPSA) is 82.3 Å². The van der Waals surface area contributed by atoms with Gasteiger partial charge >= 0.3 is 11.8 Å². The predicted octanol–water partition coefficient (Wildman–Crippen LogP) is 2.69. The maximum Gasteiger partial charge on any atom is 0.374 e. The standard InChI is InChI=1S/C10H9ClF2N2O4/c1-2-19-7(16)4-5-3-6(11)14-10(15(17)18)8(5)9(12)13/h3,9H,2,4H2,1H3. The number of hydrogen-bond acceptors (Lipinski definition) is 5. The highest BCUT2D eigenvalue weighted by Crippen LogP contribution is 2.32. The summed E-state index contributed by atoms with van der Waals surface area (Å²) in [6.07, 6.45) is -3.68. The van der Waals surface area contributed by atoms with Crippen molar-refractivity contribution in [3.8, 4) is 0 Å². The van der Waals surface area contributed by atoms with Crippen LogP contribution < -0.4 is 0 Å². The monoisotopic (exact) mass is 294 g/mol. The Bertz CT molecular complexity index is 511. The summed E-state index contributed by atoms with van der Waals surface area (Å²) in [5, 5.41) is 10.3. The summed E-state index contributed by atoms with van der Waals surface area (Å²) in [6, 6.07) is 0.993. The van der Waals surface area contributed by atoms with Crippen LogP contribution in [0.2, 0.25) is 5.15 Å². The molecule has 0 spiro atoms. The molecule has 19 heavy (non-hydrogen) atoms. The minimum Gasteiger partial charge on any atom is -0.466 e. The highest BCUT2D eigenvalue weighted by Gasteiger charge is 2.29. The third kappa shape index (κ3) is 3.82. The van der Waals surface area contributed by atoms with Crippen molar-refractivity contribution in [3.05, 3.63) is 32.5 Å². The molecule has 9 heteroatoms. The number of carbonyl (C=O) groups is 1. The number of pyridine rings is 1. The number of ether oxygens (including phenoxy) is 1. The highest BCUT2D eigenvalue weighted by molar-refractivity contribution is 6.29. The van der Waals surface area contributed by atoms with Crippen LogP contribution >= 0.6 is 11.6 Å². The van der Waals surface area contributed by atoms with E-state index in [1.165, 1.54) is 0 Å². The molecule has 0 amide bonds. The van der Waals surface area contributed by atoms with Gasteiger partial charge in [-0.3, -0.25) is 4.79 Å². The van der Waals surface area contributed by atoms with Gasteiger partial charge in [0.2, 0.25) is 5.15 Å². The van der Waals surface area contributed by atoms with Crippen molar-refractivity contribution in [2.75, 3.05) is 6.61 Å². The fourth-order valence-corrected chi connectivity index (χ4v) is 1.66. The van der Waals surface area contributed by atoms with E-state index in [1.54, 1.807) is 6.92 Å². The first-order chi connectivity index (χ1) is 8.86. The Morgan fingerprint density at radius 1 is 1.63 bits per heavy atom. The number of halogens is 3. The van der Waals surface area contributed by atoms with Crippen molar-refractivity contribution < 1.29 is 23.2 Å². The van der Waals surface area contributed by atoms with Crippen LogP contribution in [-0.4, -0.2) is 22.5 Å². The maximum absolute atomic E-state index is 12.9. The number of carbonyl (C=O) groups excluding carboxylic acids is 1.